The quantitative estimate of drug-likeness (QED) is 0.806. The maximum atomic E-state index is 12.7. The van der Waals surface area contributed by atoms with Crippen molar-refractivity contribution in [1.82, 2.24) is 19.8 Å². The lowest BCUT2D eigenvalue weighted by Gasteiger charge is -2.25. The number of nitrogens with one attached hydrogen (secondary N) is 1. The van der Waals surface area contributed by atoms with Gasteiger partial charge in [-0.25, -0.2) is 13.1 Å². The zero-order chi connectivity index (χ0) is 19.2. The summed E-state index contributed by atoms with van der Waals surface area (Å²) in [6.45, 7) is 4.24. The molecule has 0 bridgehead atoms. The standard InChI is InChI=1S/C17H22N4O5S/c1-3-27(23,24)20-13-7-12-9-21(15(22)14-5-4-6-25-14)10-17(12,8-13)16-18-11(2)19-26-16/h4-6,12-13,20H,3,7-10H2,1-2H3. The van der Waals surface area contributed by atoms with Gasteiger partial charge in [0, 0.05) is 19.1 Å². The molecule has 1 N–H and O–H groups in total. The first-order valence-corrected chi connectivity index (χ1v) is 10.6. The van der Waals surface area contributed by atoms with Crippen LogP contribution in [-0.4, -0.2) is 54.2 Å². The Hall–Kier alpha value is -2.20. The third-order valence-corrected chi connectivity index (χ3v) is 7.03. The fourth-order valence-corrected chi connectivity index (χ4v) is 5.19. The Bertz CT molecular complexity index is 938. The average molecular weight is 394 g/mol. The minimum Gasteiger partial charge on any atom is -0.459 e. The largest absolute Gasteiger partial charge is 0.459 e. The number of carbonyl (C=O) groups is 1. The lowest BCUT2D eigenvalue weighted by Crippen LogP contribution is -2.39. The Balaban J connectivity index is 1.62. The van der Waals surface area contributed by atoms with E-state index in [0.717, 1.165) is 0 Å². The van der Waals surface area contributed by atoms with Crippen LogP contribution in [0.4, 0.5) is 0 Å². The summed E-state index contributed by atoms with van der Waals surface area (Å²) >= 11 is 0. The number of fused-ring (bicyclic) bond motifs is 1. The van der Waals surface area contributed by atoms with Crippen LogP contribution >= 0.6 is 0 Å². The van der Waals surface area contributed by atoms with Crippen LogP contribution in [0.2, 0.25) is 0 Å². The van der Waals surface area contributed by atoms with E-state index in [1.165, 1.54) is 6.26 Å². The van der Waals surface area contributed by atoms with Crippen molar-refractivity contribution in [1.29, 1.82) is 0 Å². The normalized spacial score (nSPS) is 27.9. The maximum Gasteiger partial charge on any atom is 0.289 e. The van der Waals surface area contributed by atoms with Crippen molar-refractivity contribution in [2.75, 3.05) is 18.8 Å². The predicted octanol–water partition coefficient (Wildman–Crippen LogP) is 1.08. The summed E-state index contributed by atoms with van der Waals surface area (Å²) in [5.41, 5.74) is -0.551. The molecule has 2 aliphatic rings. The second-order valence-corrected chi connectivity index (χ2v) is 9.36. The first kappa shape index (κ1) is 18.2. The van der Waals surface area contributed by atoms with Gasteiger partial charge in [-0.2, -0.15) is 4.98 Å². The third kappa shape index (κ3) is 3.16. The summed E-state index contributed by atoms with van der Waals surface area (Å²) in [5.74, 6) is 1.15. The number of aryl methyl sites for hydroxylation is 1. The average Bonchev–Trinajstić information content (AvgIpc) is 3.36. The van der Waals surface area contributed by atoms with Crippen LogP contribution in [-0.2, 0) is 15.4 Å². The molecule has 3 unspecified atom stereocenters. The molecule has 4 rings (SSSR count). The van der Waals surface area contributed by atoms with E-state index in [2.05, 4.69) is 14.9 Å². The van der Waals surface area contributed by atoms with Crippen LogP contribution in [0, 0.1) is 12.8 Å². The van der Waals surface area contributed by atoms with Gasteiger partial charge in [0.2, 0.25) is 15.9 Å². The number of nitrogens with zero attached hydrogens (tertiary/aromatic N) is 3. The van der Waals surface area contributed by atoms with E-state index in [0.29, 0.717) is 37.6 Å². The van der Waals surface area contributed by atoms with Crippen LogP contribution in [0.3, 0.4) is 0 Å². The molecule has 1 aliphatic carbocycles. The summed E-state index contributed by atoms with van der Waals surface area (Å²) in [6.07, 6.45) is 2.60. The Kier molecular flexibility index (Phi) is 4.34. The lowest BCUT2D eigenvalue weighted by atomic mass is 9.80. The molecule has 2 aromatic heterocycles. The van der Waals surface area contributed by atoms with E-state index in [-0.39, 0.29) is 29.4 Å². The van der Waals surface area contributed by atoms with E-state index in [4.69, 9.17) is 8.94 Å². The number of hydrogen-bond acceptors (Lipinski definition) is 7. The number of rotatable bonds is 5. The van der Waals surface area contributed by atoms with Crippen LogP contribution in [0.15, 0.2) is 27.3 Å². The van der Waals surface area contributed by atoms with Gasteiger partial charge in [0.25, 0.3) is 5.91 Å². The number of furan rings is 1. The summed E-state index contributed by atoms with van der Waals surface area (Å²) in [7, 11) is -3.32. The molecule has 9 nitrogen and oxygen atoms in total. The first-order chi connectivity index (χ1) is 12.8. The first-order valence-electron chi connectivity index (χ1n) is 8.96. The summed E-state index contributed by atoms with van der Waals surface area (Å²) in [4.78, 5) is 18.9. The molecule has 1 saturated carbocycles. The van der Waals surface area contributed by atoms with Crippen molar-refractivity contribution in [2.24, 2.45) is 5.92 Å². The topological polar surface area (TPSA) is 119 Å². The molecule has 1 saturated heterocycles. The van der Waals surface area contributed by atoms with Gasteiger partial charge in [0.15, 0.2) is 11.6 Å². The Morgan fingerprint density at radius 2 is 2.30 bits per heavy atom. The number of carbonyl (C=O) groups excluding carboxylic acids is 1. The van der Waals surface area contributed by atoms with Crippen molar-refractivity contribution in [2.45, 2.75) is 38.1 Å². The van der Waals surface area contributed by atoms with Crippen LogP contribution < -0.4 is 4.72 Å². The van der Waals surface area contributed by atoms with E-state index < -0.39 is 15.4 Å². The number of aromatic nitrogens is 2. The second-order valence-electron chi connectivity index (χ2n) is 7.32. The van der Waals surface area contributed by atoms with Crippen molar-refractivity contribution in [3.05, 3.63) is 35.9 Å². The summed E-state index contributed by atoms with van der Waals surface area (Å²) < 4.78 is 37.5. The molecule has 146 valence electrons. The molecule has 1 aliphatic heterocycles. The molecule has 0 spiro atoms. The Morgan fingerprint density at radius 3 is 2.93 bits per heavy atom. The minimum atomic E-state index is -3.32. The number of sulfonamides is 1. The highest BCUT2D eigenvalue weighted by atomic mass is 32.2. The van der Waals surface area contributed by atoms with Crippen LogP contribution in [0.1, 0.15) is 42.0 Å². The monoisotopic (exact) mass is 394 g/mol. The minimum absolute atomic E-state index is 0.0285. The fraction of sp³-hybridized carbons (Fsp3) is 0.588. The van der Waals surface area contributed by atoms with Gasteiger partial charge in [-0.3, -0.25) is 4.79 Å². The molecule has 2 aromatic rings. The number of likely N-dealkylation sites (tertiary alicyclic amines) is 1. The zero-order valence-corrected chi connectivity index (χ0v) is 16.0. The number of amides is 1. The van der Waals surface area contributed by atoms with Crippen LogP contribution in [0.25, 0.3) is 0 Å². The van der Waals surface area contributed by atoms with E-state index in [1.807, 2.05) is 0 Å². The van der Waals surface area contributed by atoms with E-state index in [9.17, 15) is 13.2 Å². The molecular formula is C17H22N4O5S. The highest BCUT2D eigenvalue weighted by molar-refractivity contribution is 7.89. The Labute approximate surface area is 157 Å². The predicted molar refractivity (Wildman–Crippen MR) is 94.4 cm³/mol. The third-order valence-electron chi connectivity index (χ3n) is 5.57. The van der Waals surface area contributed by atoms with E-state index in [1.54, 1.807) is 30.9 Å². The van der Waals surface area contributed by atoms with Gasteiger partial charge < -0.3 is 13.8 Å². The van der Waals surface area contributed by atoms with Gasteiger partial charge in [-0.15, -0.1) is 0 Å². The van der Waals surface area contributed by atoms with Gasteiger partial charge >= 0.3 is 0 Å². The summed E-state index contributed by atoms with van der Waals surface area (Å²) in [6, 6.07) is 3.10. The molecule has 0 aromatic carbocycles. The maximum absolute atomic E-state index is 12.7. The second kappa shape index (κ2) is 6.45. The molecule has 2 fully saturated rings. The van der Waals surface area contributed by atoms with Crippen molar-refractivity contribution in [3.8, 4) is 0 Å². The van der Waals surface area contributed by atoms with Gasteiger partial charge in [0.1, 0.15) is 0 Å². The molecule has 27 heavy (non-hydrogen) atoms. The number of hydrogen-bond donors (Lipinski definition) is 1. The van der Waals surface area contributed by atoms with Crippen molar-refractivity contribution in [3.63, 3.8) is 0 Å². The van der Waals surface area contributed by atoms with Crippen molar-refractivity contribution < 1.29 is 22.2 Å². The summed E-state index contributed by atoms with van der Waals surface area (Å²) in [5, 5.41) is 3.91. The highest BCUT2D eigenvalue weighted by Crippen LogP contribution is 2.50. The van der Waals surface area contributed by atoms with Crippen LogP contribution in [0.5, 0.6) is 0 Å². The van der Waals surface area contributed by atoms with Gasteiger partial charge in [-0.05, 0) is 44.7 Å². The smallest absolute Gasteiger partial charge is 0.289 e. The molecular weight excluding hydrogens is 372 g/mol. The molecule has 1 amide bonds. The SMILES string of the molecule is CCS(=O)(=O)NC1CC2CN(C(=O)c3ccco3)CC2(c2nc(C)no2)C1. The van der Waals surface area contributed by atoms with E-state index >= 15 is 0 Å². The highest BCUT2D eigenvalue weighted by Gasteiger charge is 2.58. The van der Waals surface area contributed by atoms with Gasteiger partial charge in [-0.1, -0.05) is 5.16 Å². The molecule has 10 heteroatoms. The fourth-order valence-electron chi connectivity index (χ4n) is 4.34. The lowest BCUT2D eigenvalue weighted by molar-refractivity contribution is 0.0741. The molecule has 3 heterocycles. The molecule has 3 atom stereocenters. The Morgan fingerprint density at radius 1 is 1.48 bits per heavy atom. The zero-order valence-electron chi connectivity index (χ0n) is 15.2. The van der Waals surface area contributed by atoms with Crippen molar-refractivity contribution >= 4 is 15.9 Å². The molecule has 0 radical (unpaired) electrons. The van der Waals surface area contributed by atoms with Gasteiger partial charge in [0.05, 0.1) is 17.4 Å².